The van der Waals surface area contributed by atoms with Crippen molar-refractivity contribution in [3.63, 3.8) is 0 Å². The number of ketones is 1. The van der Waals surface area contributed by atoms with Crippen molar-refractivity contribution >= 4 is 17.5 Å². The van der Waals surface area contributed by atoms with Gasteiger partial charge in [-0.25, -0.2) is 4.39 Å². The number of methoxy groups -OCH3 is 1. The lowest BCUT2D eigenvalue weighted by Gasteiger charge is -2.06. The van der Waals surface area contributed by atoms with Crippen molar-refractivity contribution in [3.05, 3.63) is 29.6 Å². The Kier molecular flexibility index (Phi) is 5.48. The fourth-order valence-corrected chi connectivity index (χ4v) is 1.98. The van der Waals surface area contributed by atoms with E-state index in [2.05, 4.69) is 0 Å². The summed E-state index contributed by atoms with van der Waals surface area (Å²) < 4.78 is 18.2. The summed E-state index contributed by atoms with van der Waals surface area (Å²) in [4.78, 5) is 11.6. The summed E-state index contributed by atoms with van der Waals surface area (Å²) in [5.41, 5.74) is 0.692. The molecule has 0 aliphatic rings. The second-order valence-electron chi connectivity index (χ2n) is 4.04. The summed E-state index contributed by atoms with van der Waals surface area (Å²) in [6.45, 7) is 4.09. The topological polar surface area (TPSA) is 26.3 Å². The van der Waals surface area contributed by atoms with Crippen molar-refractivity contribution in [2.24, 2.45) is 0 Å². The molecule has 0 aromatic heterocycles. The third kappa shape index (κ3) is 4.77. The predicted octanol–water partition coefficient (Wildman–Crippen LogP) is 3.09. The first-order valence-corrected chi connectivity index (χ1v) is 6.53. The molecule has 0 unspecified atom stereocenters. The molecule has 0 radical (unpaired) electrons. The number of carbonyl (C=O) groups is 1. The van der Waals surface area contributed by atoms with E-state index < -0.39 is 5.82 Å². The molecule has 0 aliphatic carbocycles. The Balaban J connectivity index is 2.57. The highest BCUT2D eigenvalue weighted by atomic mass is 32.2. The Morgan fingerprint density at radius 3 is 2.71 bits per heavy atom. The molecule has 2 nitrogen and oxygen atoms in total. The zero-order valence-electron chi connectivity index (χ0n) is 10.3. The zero-order chi connectivity index (χ0) is 12.8. The van der Waals surface area contributed by atoms with Gasteiger partial charge in [0, 0.05) is 6.42 Å². The average molecular weight is 256 g/mol. The number of ether oxygens (including phenoxy) is 1. The van der Waals surface area contributed by atoms with E-state index in [0.29, 0.717) is 16.6 Å². The molecule has 0 saturated heterocycles. The van der Waals surface area contributed by atoms with E-state index >= 15 is 0 Å². The third-order valence-corrected chi connectivity index (χ3v) is 3.35. The van der Waals surface area contributed by atoms with Gasteiger partial charge in [0.05, 0.1) is 12.9 Å². The highest BCUT2D eigenvalue weighted by Gasteiger charge is 2.08. The first kappa shape index (κ1) is 14.0. The number of halogens is 1. The van der Waals surface area contributed by atoms with Gasteiger partial charge >= 0.3 is 0 Å². The fraction of sp³-hybridized carbons (Fsp3) is 0.462. The maximum Gasteiger partial charge on any atom is 0.165 e. The van der Waals surface area contributed by atoms with Gasteiger partial charge in [-0.2, -0.15) is 11.8 Å². The van der Waals surface area contributed by atoms with Gasteiger partial charge in [-0.15, -0.1) is 0 Å². The minimum Gasteiger partial charge on any atom is -0.494 e. The van der Waals surface area contributed by atoms with Crippen molar-refractivity contribution in [1.82, 2.24) is 0 Å². The summed E-state index contributed by atoms with van der Waals surface area (Å²) >= 11 is 1.60. The molecular weight excluding hydrogens is 239 g/mol. The molecule has 1 aromatic carbocycles. The number of rotatable bonds is 6. The molecular formula is C13H17FO2S. The average Bonchev–Trinajstić information content (AvgIpc) is 2.26. The quantitative estimate of drug-likeness (QED) is 0.782. The number of carbonyl (C=O) groups excluding carboxylic acids is 1. The number of thioether (sulfide) groups is 1. The SMILES string of the molecule is COc1ccc(CC(=O)CSC(C)C)cc1F. The van der Waals surface area contributed by atoms with Crippen LogP contribution in [-0.2, 0) is 11.2 Å². The number of benzene rings is 1. The van der Waals surface area contributed by atoms with Crippen LogP contribution in [0.1, 0.15) is 19.4 Å². The summed E-state index contributed by atoms with van der Waals surface area (Å²) in [6.07, 6.45) is 0.278. The van der Waals surface area contributed by atoms with Crippen LogP contribution in [0.5, 0.6) is 5.75 Å². The Morgan fingerprint density at radius 2 is 2.18 bits per heavy atom. The van der Waals surface area contributed by atoms with Crippen molar-refractivity contribution in [2.75, 3.05) is 12.9 Å². The van der Waals surface area contributed by atoms with Crippen LogP contribution in [0.4, 0.5) is 4.39 Å². The van der Waals surface area contributed by atoms with Crippen LogP contribution in [0.3, 0.4) is 0 Å². The maximum absolute atomic E-state index is 13.4. The van der Waals surface area contributed by atoms with E-state index in [4.69, 9.17) is 4.74 Å². The van der Waals surface area contributed by atoms with E-state index in [0.717, 1.165) is 0 Å². The van der Waals surface area contributed by atoms with Gasteiger partial charge in [-0.05, 0) is 22.9 Å². The Hall–Kier alpha value is -1.03. The summed E-state index contributed by atoms with van der Waals surface area (Å²) in [7, 11) is 1.42. The molecule has 0 N–H and O–H groups in total. The van der Waals surface area contributed by atoms with Crippen LogP contribution in [0.2, 0.25) is 0 Å². The van der Waals surface area contributed by atoms with Crippen molar-refractivity contribution < 1.29 is 13.9 Å². The first-order chi connectivity index (χ1) is 8.02. The van der Waals surface area contributed by atoms with Gasteiger partial charge in [0.25, 0.3) is 0 Å². The second kappa shape index (κ2) is 6.64. The van der Waals surface area contributed by atoms with Gasteiger partial charge in [-0.3, -0.25) is 4.79 Å². The van der Waals surface area contributed by atoms with Crippen molar-refractivity contribution in [2.45, 2.75) is 25.5 Å². The first-order valence-electron chi connectivity index (χ1n) is 5.48. The van der Waals surface area contributed by atoms with E-state index in [1.54, 1.807) is 23.9 Å². The molecule has 94 valence electrons. The van der Waals surface area contributed by atoms with Gasteiger partial charge < -0.3 is 4.74 Å². The molecule has 0 atom stereocenters. The van der Waals surface area contributed by atoms with Gasteiger partial charge in [0.15, 0.2) is 11.6 Å². The zero-order valence-corrected chi connectivity index (χ0v) is 11.1. The van der Waals surface area contributed by atoms with Crippen molar-refractivity contribution in [1.29, 1.82) is 0 Å². The van der Waals surface area contributed by atoms with Gasteiger partial charge in [0.2, 0.25) is 0 Å². The molecule has 17 heavy (non-hydrogen) atoms. The highest BCUT2D eigenvalue weighted by Crippen LogP contribution is 2.18. The van der Waals surface area contributed by atoms with Crippen LogP contribution in [0.25, 0.3) is 0 Å². The predicted molar refractivity (Wildman–Crippen MR) is 69.3 cm³/mol. The molecule has 0 fully saturated rings. The lowest BCUT2D eigenvalue weighted by Crippen LogP contribution is -2.08. The van der Waals surface area contributed by atoms with Crippen LogP contribution in [-0.4, -0.2) is 23.9 Å². The van der Waals surface area contributed by atoms with Crippen LogP contribution >= 0.6 is 11.8 Å². The second-order valence-corrected chi connectivity index (χ2v) is 5.61. The molecule has 0 saturated carbocycles. The van der Waals surface area contributed by atoms with E-state index in [1.165, 1.54) is 13.2 Å². The normalized spacial score (nSPS) is 10.6. The summed E-state index contributed by atoms with van der Waals surface area (Å²) in [6, 6.07) is 4.63. The largest absolute Gasteiger partial charge is 0.494 e. The fourth-order valence-electron chi connectivity index (χ4n) is 1.36. The smallest absolute Gasteiger partial charge is 0.165 e. The maximum atomic E-state index is 13.4. The Labute approximate surface area is 106 Å². The lowest BCUT2D eigenvalue weighted by atomic mass is 10.1. The Morgan fingerprint density at radius 1 is 1.47 bits per heavy atom. The van der Waals surface area contributed by atoms with Crippen LogP contribution < -0.4 is 4.74 Å². The monoisotopic (exact) mass is 256 g/mol. The van der Waals surface area contributed by atoms with Gasteiger partial charge in [0.1, 0.15) is 5.78 Å². The van der Waals surface area contributed by atoms with Crippen molar-refractivity contribution in [3.8, 4) is 5.75 Å². The standard InChI is InChI=1S/C13H17FO2S/c1-9(2)17-8-11(15)6-10-4-5-13(16-3)12(14)7-10/h4-5,7,9H,6,8H2,1-3H3. The minimum absolute atomic E-state index is 0.119. The number of Topliss-reactive ketones (excluding diaryl/α,β-unsaturated/α-hetero) is 1. The number of hydrogen-bond acceptors (Lipinski definition) is 3. The van der Waals surface area contributed by atoms with Crippen LogP contribution in [0.15, 0.2) is 18.2 Å². The molecule has 0 bridgehead atoms. The molecule has 0 aliphatic heterocycles. The summed E-state index contributed by atoms with van der Waals surface area (Å²) in [5.74, 6) is 0.381. The van der Waals surface area contributed by atoms with E-state index in [9.17, 15) is 9.18 Å². The van der Waals surface area contributed by atoms with Crippen LogP contribution in [0, 0.1) is 5.82 Å². The molecule has 0 heterocycles. The van der Waals surface area contributed by atoms with E-state index in [1.807, 2.05) is 13.8 Å². The Bertz CT molecular complexity index is 391. The molecule has 0 amide bonds. The number of hydrogen-bond donors (Lipinski definition) is 0. The molecule has 4 heteroatoms. The molecule has 0 spiro atoms. The highest BCUT2D eigenvalue weighted by molar-refractivity contribution is 8.00. The van der Waals surface area contributed by atoms with E-state index in [-0.39, 0.29) is 18.0 Å². The summed E-state index contributed by atoms with van der Waals surface area (Å²) in [5, 5.41) is 0.437. The molecule has 1 rings (SSSR count). The minimum atomic E-state index is -0.422. The lowest BCUT2D eigenvalue weighted by molar-refractivity contribution is -0.116. The third-order valence-electron chi connectivity index (χ3n) is 2.20. The molecule has 1 aromatic rings. The van der Waals surface area contributed by atoms with Gasteiger partial charge in [-0.1, -0.05) is 19.9 Å².